The number of furan rings is 1. The molecule has 0 saturated carbocycles. The molecular formula is C24H20O5. The van der Waals surface area contributed by atoms with Gasteiger partial charge < -0.3 is 13.9 Å². The molecule has 0 unspecified atom stereocenters. The van der Waals surface area contributed by atoms with Gasteiger partial charge in [-0.1, -0.05) is 12.2 Å². The second-order valence-electron chi connectivity index (χ2n) is 6.05. The van der Waals surface area contributed by atoms with Crippen LogP contribution in [0.15, 0.2) is 89.4 Å². The molecule has 0 aliphatic heterocycles. The predicted molar refractivity (Wildman–Crippen MR) is 110 cm³/mol. The van der Waals surface area contributed by atoms with Crippen LogP contribution in [0, 0.1) is 0 Å². The Morgan fingerprint density at radius 3 is 1.38 bits per heavy atom. The molecule has 1 heterocycles. The largest absolute Gasteiger partial charge is 0.456 e. The Morgan fingerprint density at radius 1 is 0.655 bits per heavy atom. The minimum Gasteiger partial charge on any atom is -0.456 e. The van der Waals surface area contributed by atoms with Gasteiger partial charge in [-0.2, -0.15) is 0 Å². The molecule has 3 aromatic rings. The Hall–Kier alpha value is -3.86. The molecule has 146 valence electrons. The molecule has 0 aliphatic rings. The number of hydrogen-bond donors (Lipinski definition) is 0. The van der Waals surface area contributed by atoms with Crippen LogP contribution in [0.4, 0.5) is 0 Å². The first-order valence-corrected chi connectivity index (χ1v) is 9.09. The summed E-state index contributed by atoms with van der Waals surface area (Å²) in [6, 6.07) is 17.9. The summed E-state index contributed by atoms with van der Waals surface area (Å²) >= 11 is 0. The number of esters is 2. The van der Waals surface area contributed by atoms with Crippen molar-refractivity contribution in [2.75, 3.05) is 0 Å². The summed E-state index contributed by atoms with van der Waals surface area (Å²) < 4.78 is 16.3. The lowest BCUT2D eigenvalue weighted by atomic mass is 10.1. The standard InChI is InChI=1S/C24H20O5/c1-3-5-23(25)27-19-11-7-17(8-12-19)21-15-16-22(29-21)18-9-13-20(14-10-18)28-24(26)6-4-2/h3-16H,1-2H3. The molecule has 2 aromatic carbocycles. The van der Waals surface area contributed by atoms with Crippen LogP contribution in [0.3, 0.4) is 0 Å². The van der Waals surface area contributed by atoms with Gasteiger partial charge in [0.2, 0.25) is 0 Å². The summed E-state index contributed by atoms with van der Waals surface area (Å²) in [5.74, 6) is 1.48. The maximum Gasteiger partial charge on any atom is 0.335 e. The van der Waals surface area contributed by atoms with Crippen molar-refractivity contribution >= 4 is 11.9 Å². The summed E-state index contributed by atoms with van der Waals surface area (Å²) in [5.41, 5.74) is 1.72. The van der Waals surface area contributed by atoms with Crippen molar-refractivity contribution in [3.8, 4) is 34.1 Å². The molecule has 0 radical (unpaired) electrons. The quantitative estimate of drug-likeness (QED) is 0.313. The van der Waals surface area contributed by atoms with Gasteiger partial charge in [0.25, 0.3) is 0 Å². The molecule has 0 amide bonds. The van der Waals surface area contributed by atoms with E-state index in [4.69, 9.17) is 13.9 Å². The Balaban J connectivity index is 1.70. The summed E-state index contributed by atoms with van der Waals surface area (Å²) in [6.07, 6.45) is 5.97. The van der Waals surface area contributed by atoms with Gasteiger partial charge in [0.1, 0.15) is 23.0 Å². The van der Waals surface area contributed by atoms with Gasteiger partial charge in [-0.15, -0.1) is 0 Å². The van der Waals surface area contributed by atoms with Crippen LogP contribution >= 0.6 is 0 Å². The van der Waals surface area contributed by atoms with E-state index in [-0.39, 0.29) is 0 Å². The summed E-state index contributed by atoms with van der Waals surface area (Å²) in [5, 5.41) is 0. The van der Waals surface area contributed by atoms with Crippen molar-refractivity contribution in [2.45, 2.75) is 13.8 Å². The van der Waals surface area contributed by atoms with Crippen LogP contribution < -0.4 is 9.47 Å². The van der Waals surface area contributed by atoms with E-state index >= 15 is 0 Å². The van der Waals surface area contributed by atoms with Crippen molar-refractivity contribution in [1.82, 2.24) is 0 Å². The highest BCUT2D eigenvalue weighted by molar-refractivity contribution is 5.84. The molecule has 1 aromatic heterocycles. The maximum atomic E-state index is 11.5. The summed E-state index contributed by atoms with van der Waals surface area (Å²) in [6.45, 7) is 3.51. The first-order valence-electron chi connectivity index (χ1n) is 9.09. The SMILES string of the molecule is CC=CC(=O)Oc1ccc(-c2ccc(-c3ccc(OC(=O)C=CC)cc3)o2)cc1. The normalized spacial score (nSPS) is 11.1. The molecule has 0 saturated heterocycles. The molecule has 0 aliphatic carbocycles. The van der Waals surface area contributed by atoms with Crippen molar-refractivity contribution < 1.29 is 23.5 Å². The predicted octanol–water partition coefficient (Wildman–Crippen LogP) is 5.58. The second-order valence-corrected chi connectivity index (χ2v) is 6.05. The monoisotopic (exact) mass is 388 g/mol. The fraction of sp³-hybridized carbons (Fsp3) is 0.0833. The van der Waals surface area contributed by atoms with Crippen molar-refractivity contribution in [2.24, 2.45) is 0 Å². The molecule has 0 bridgehead atoms. The van der Waals surface area contributed by atoms with E-state index in [1.54, 1.807) is 50.3 Å². The lowest BCUT2D eigenvalue weighted by Gasteiger charge is -2.03. The third-order valence-corrected chi connectivity index (χ3v) is 3.93. The first-order chi connectivity index (χ1) is 14.1. The van der Waals surface area contributed by atoms with E-state index in [2.05, 4.69) is 0 Å². The molecule has 5 heteroatoms. The van der Waals surface area contributed by atoms with Gasteiger partial charge in [-0.25, -0.2) is 9.59 Å². The third kappa shape index (κ3) is 5.32. The number of rotatable bonds is 6. The van der Waals surface area contributed by atoms with Crippen molar-refractivity contribution in [1.29, 1.82) is 0 Å². The van der Waals surface area contributed by atoms with Crippen molar-refractivity contribution in [3.63, 3.8) is 0 Å². The molecule has 5 nitrogen and oxygen atoms in total. The van der Waals surface area contributed by atoms with Gasteiger partial charge in [0.15, 0.2) is 0 Å². The molecular weight excluding hydrogens is 368 g/mol. The Bertz CT molecular complexity index is 954. The Labute approximate surface area is 168 Å². The maximum absolute atomic E-state index is 11.5. The molecule has 0 N–H and O–H groups in total. The minimum atomic E-state index is -0.416. The van der Waals surface area contributed by atoms with Crippen LogP contribution in [-0.2, 0) is 9.59 Å². The van der Waals surface area contributed by atoms with E-state index in [1.165, 1.54) is 12.2 Å². The smallest absolute Gasteiger partial charge is 0.335 e. The highest BCUT2D eigenvalue weighted by Gasteiger charge is 2.09. The van der Waals surface area contributed by atoms with Crippen LogP contribution in [0.2, 0.25) is 0 Å². The third-order valence-electron chi connectivity index (χ3n) is 3.93. The van der Waals surface area contributed by atoms with E-state index in [0.717, 1.165) is 11.1 Å². The second kappa shape index (κ2) is 9.37. The zero-order valence-corrected chi connectivity index (χ0v) is 16.1. The van der Waals surface area contributed by atoms with Crippen molar-refractivity contribution in [3.05, 3.63) is 85.0 Å². The number of benzene rings is 2. The highest BCUT2D eigenvalue weighted by atomic mass is 16.5. The highest BCUT2D eigenvalue weighted by Crippen LogP contribution is 2.30. The molecule has 29 heavy (non-hydrogen) atoms. The van der Waals surface area contributed by atoms with Crippen LogP contribution in [0.1, 0.15) is 13.8 Å². The van der Waals surface area contributed by atoms with Gasteiger partial charge in [-0.3, -0.25) is 0 Å². The molecule has 0 spiro atoms. The van der Waals surface area contributed by atoms with E-state index < -0.39 is 11.9 Å². The number of ether oxygens (including phenoxy) is 2. The number of hydrogen-bond acceptors (Lipinski definition) is 5. The Morgan fingerprint density at radius 2 is 1.03 bits per heavy atom. The van der Waals surface area contributed by atoms with Gasteiger partial charge in [0.05, 0.1) is 0 Å². The molecule has 0 fully saturated rings. The van der Waals surface area contributed by atoms with E-state index in [1.807, 2.05) is 36.4 Å². The average molecular weight is 388 g/mol. The minimum absolute atomic E-state index is 0.416. The lowest BCUT2D eigenvalue weighted by Crippen LogP contribution is -2.03. The lowest BCUT2D eigenvalue weighted by molar-refractivity contribution is -0.129. The first kappa shape index (κ1) is 19.9. The summed E-state index contributed by atoms with van der Waals surface area (Å²) in [7, 11) is 0. The number of allylic oxidation sites excluding steroid dienone is 2. The van der Waals surface area contributed by atoms with Crippen LogP contribution in [-0.4, -0.2) is 11.9 Å². The van der Waals surface area contributed by atoms with Gasteiger partial charge in [-0.05, 0) is 74.5 Å². The summed E-state index contributed by atoms with van der Waals surface area (Å²) in [4.78, 5) is 23.0. The van der Waals surface area contributed by atoms with Gasteiger partial charge in [0, 0.05) is 23.3 Å². The number of carbonyl (C=O) groups excluding carboxylic acids is 2. The van der Waals surface area contributed by atoms with E-state index in [0.29, 0.717) is 23.0 Å². The topological polar surface area (TPSA) is 65.7 Å². The molecule has 3 rings (SSSR count). The zero-order chi connectivity index (χ0) is 20.6. The van der Waals surface area contributed by atoms with Gasteiger partial charge >= 0.3 is 11.9 Å². The number of carbonyl (C=O) groups is 2. The van der Waals surface area contributed by atoms with Crippen LogP contribution in [0.25, 0.3) is 22.6 Å². The fourth-order valence-corrected chi connectivity index (χ4v) is 2.60. The fourth-order valence-electron chi connectivity index (χ4n) is 2.60. The Kier molecular flexibility index (Phi) is 6.43. The average Bonchev–Trinajstić information content (AvgIpc) is 3.20. The van der Waals surface area contributed by atoms with E-state index in [9.17, 15) is 9.59 Å². The zero-order valence-electron chi connectivity index (χ0n) is 16.1. The van der Waals surface area contributed by atoms with Crippen LogP contribution in [0.5, 0.6) is 11.5 Å². The molecule has 0 atom stereocenters.